The van der Waals surface area contributed by atoms with Gasteiger partial charge in [0.2, 0.25) is 5.82 Å². The number of halogens is 1. The van der Waals surface area contributed by atoms with Gasteiger partial charge in [0.05, 0.1) is 18.8 Å². The molecule has 1 aliphatic rings. The van der Waals surface area contributed by atoms with Crippen LogP contribution in [0.4, 0.5) is 0 Å². The van der Waals surface area contributed by atoms with Gasteiger partial charge in [0.1, 0.15) is 6.10 Å². The highest BCUT2D eigenvalue weighted by Gasteiger charge is 2.24. The van der Waals surface area contributed by atoms with Crippen LogP contribution in [0.3, 0.4) is 0 Å². The minimum absolute atomic E-state index is 0.0682. The van der Waals surface area contributed by atoms with E-state index in [2.05, 4.69) is 41.2 Å². The standard InChI is InChI=1S/C22H19ClN4O2/c1-13-3-4-16(9-14(13)2)21-24-22(29-26-21)19-10-18-12-28-20(11-27(18)25-19)15-5-7-17(23)8-6-15/h3-10,20H,11-12H2,1-2H3/t20-/m0/s1. The summed E-state index contributed by atoms with van der Waals surface area (Å²) in [5.41, 5.74) is 6.07. The maximum atomic E-state index is 6.01. The molecule has 29 heavy (non-hydrogen) atoms. The average molecular weight is 407 g/mol. The first kappa shape index (κ1) is 18.1. The molecular weight excluding hydrogens is 388 g/mol. The van der Waals surface area contributed by atoms with Gasteiger partial charge in [0.15, 0.2) is 5.69 Å². The topological polar surface area (TPSA) is 66.0 Å². The van der Waals surface area contributed by atoms with E-state index < -0.39 is 0 Å². The molecule has 1 atom stereocenters. The normalized spacial score (nSPS) is 16.0. The molecule has 0 spiro atoms. The first-order chi connectivity index (χ1) is 14.1. The number of aryl methyl sites for hydroxylation is 2. The first-order valence-corrected chi connectivity index (χ1v) is 9.80. The summed E-state index contributed by atoms with van der Waals surface area (Å²) in [5.74, 6) is 0.965. The van der Waals surface area contributed by atoms with Gasteiger partial charge in [-0.2, -0.15) is 10.1 Å². The molecule has 5 rings (SSSR count). The van der Waals surface area contributed by atoms with Gasteiger partial charge in [-0.25, -0.2) is 0 Å². The summed E-state index contributed by atoms with van der Waals surface area (Å²) in [4.78, 5) is 4.54. The number of benzene rings is 2. The molecule has 0 bridgehead atoms. The Balaban J connectivity index is 1.40. The summed E-state index contributed by atoms with van der Waals surface area (Å²) >= 11 is 5.98. The van der Waals surface area contributed by atoms with E-state index in [4.69, 9.17) is 20.9 Å². The highest BCUT2D eigenvalue weighted by Crippen LogP contribution is 2.30. The quantitative estimate of drug-likeness (QED) is 0.471. The predicted octanol–water partition coefficient (Wildman–Crippen LogP) is 5.14. The molecule has 4 aromatic rings. The fourth-order valence-corrected chi connectivity index (χ4v) is 3.56. The number of nitrogens with zero attached hydrogens (tertiary/aromatic N) is 4. The van der Waals surface area contributed by atoms with E-state index >= 15 is 0 Å². The lowest BCUT2D eigenvalue weighted by atomic mass is 10.1. The maximum Gasteiger partial charge on any atom is 0.278 e. The third kappa shape index (κ3) is 3.45. The zero-order valence-corrected chi connectivity index (χ0v) is 16.8. The largest absolute Gasteiger partial charge is 0.365 e. The zero-order valence-electron chi connectivity index (χ0n) is 16.1. The van der Waals surface area contributed by atoms with Crippen molar-refractivity contribution in [1.82, 2.24) is 19.9 Å². The third-order valence-corrected chi connectivity index (χ3v) is 5.54. The van der Waals surface area contributed by atoms with Crippen LogP contribution in [0.5, 0.6) is 0 Å². The van der Waals surface area contributed by atoms with E-state index in [9.17, 15) is 0 Å². The van der Waals surface area contributed by atoms with Gasteiger partial charge in [0.25, 0.3) is 5.89 Å². The summed E-state index contributed by atoms with van der Waals surface area (Å²) in [6.45, 7) is 5.24. The van der Waals surface area contributed by atoms with Gasteiger partial charge in [-0.15, -0.1) is 0 Å². The molecule has 6 nitrogen and oxygen atoms in total. The van der Waals surface area contributed by atoms with Crippen LogP contribution in [0.1, 0.15) is 28.5 Å². The lowest BCUT2D eigenvalue weighted by Gasteiger charge is -2.24. The van der Waals surface area contributed by atoms with Crippen LogP contribution >= 0.6 is 11.6 Å². The second kappa shape index (κ2) is 7.13. The number of hydrogen-bond donors (Lipinski definition) is 0. The average Bonchev–Trinajstić information content (AvgIpc) is 3.37. The Bertz CT molecular complexity index is 1180. The van der Waals surface area contributed by atoms with Crippen molar-refractivity contribution >= 4 is 11.6 Å². The minimum Gasteiger partial charge on any atom is -0.365 e. The first-order valence-electron chi connectivity index (χ1n) is 9.42. The molecule has 1 aliphatic heterocycles. The molecule has 0 fully saturated rings. The number of aromatic nitrogens is 4. The summed E-state index contributed by atoms with van der Waals surface area (Å²) < 4.78 is 13.4. The van der Waals surface area contributed by atoms with Gasteiger partial charge in [-0.3, -0.25) is 4.68 Å². The Morgan fingerprint density at radius 1 is 1.03 bits per heavy atom. The Hall–Kier alpha value is -2.96. The summed E-state index contributed by atoms with van der Waals surface area (Å²) in [6, 6.07) is 15.8. The summed E-state index contributed by atoms with van der Waals surface area (Å²) in [5, 5.41) is 9.51. The van der Waals surface area contributed by atoms with Gasteiger partial charge < -0.3 is 9.26 Å². The number of fused-ring (bicyclic) bond motifs is 1. The fraction of sp³-hybridized carbons (Fsp3) is 0.227. The Kier molecular flexibility index (Phi) is 4.45. The van der Waals surface area contributed by atoms with Crippen molar-refractivity contribution in [2.75, 3.05) is 0 Å². The van der Waals surface area contributed by atoms with E-state index in [0.29, 0.717) is 35.6 Å². The SMILES string of the molecule is Cc1ccc(-c2noc(-c3cc4n(n3)C[C@@H](c3ccc(Cl)cc3)OC4)n2)cc1C. The highest BCUT2D eigenvalue weighted by molar-refractivity contribution is 6.30. The smallest absolute Gasteiger partial charge is 0.278 e. The minimum atomic E-state index is -0.0682. The van der Waals surface area contributed by atoms with Crippen LogP contribution in [-0.2, 0) is 17.9 Å². The zero-order chi connectivity index (χ0) is 20.0. The highest BCUT2D eigenvalue weighted by atomic mass is 35.5. The Morgan fingerprint density at radius 2 is 1.86 bits per heavy atom. The summed E-state index contributed by atoms with van der Waals surface area (Å²) in [7, 11) is 0. The number of hydrogen-bond acceptors (Lipinski definition) is 5. The molecule has 146 valence electrons. The van der Waals surface area contributed by atoms with E-state index in [1.54, 1.807) is 0 Å². The number of ether oxygens (including phenoxy) is 1. The molecule has 0 aliphatic carbocycles. The van der Waals surface area contributed by atoms with Crippen LogP contribution in [-0.4, -0.2) is 19.9 Å². The molecule has 3 heterocycles. The second-order valence-corrected chi connectivity index (χ2v) is 7.71. The third-order valence-electron chi connectivity index (χ3n) is 5.29. The molecule has 2 aromatic heterocycles. The van der Waals surface area contributed by atoms with Crippen molar-refractivity contribution in [1.29, 1.82) is 0 Å². The molecule has 0 N–H and O–H groups in total. The Morgan fingerprint density at radius 3 is 2.66 bits per heavy atom. The number of rotatable bonds is 3. The van der Waals surface area contributed by atoms with E-state index in [-0.39, 0.29) is 6.10 Å². The molecule has 0 amide bonds. The van der Waals surface area contributed by atoms with Gasteiger partial charge in [-0.1, -0.05) is 41.0 Å². The van der Waals surface area contributed by atoms with Crippen LogP contribution < -0.4 is 0 Å². The van der Waals surface area contributed by atoms with Crippen molar-refractivity contribution in [2.45, 2.75) is 33.1 Å². The fourth-order valence-electron chi connectivity index (χ4n) is 3.43. The van der Waals surface area contributed by atoms with Crippen molar-refractivity contribution < 1.29 is 9.26 Å². The molecular formula is C22H19ClN4O2. The molecule has 0 saturated carbocycles. The van der Waals surface area contributed by atoms with E-state index in [1.165, 1.54) is 11.1 Å². The predicted molar refractivity (Wildman–Crippen MR) is 109 cm³/mol. The molecule has 7 heteroatoms. The van der Waals surface area contributed by atoms with Gasteiger partial charge >= 0.3 is 0 Å². The van der Waals surface area contributed by atoms with Crippen LogP contribution in [0.25, 0.3) is 23.0 Å². The maximum absolute atomic E-state index is 6.01. The van der Waals surface area contributed by atoms with E-state index in [0.717, 1.165) is 16.8 Å². The van der Waals surface area contributed by atoms with Crippen molar-refractivity contribution in [3.63, 3.8) is 0 Å². The molecule has 0 unspecified atom stereocenters. The van der Waals surface area contributed by atoms with Crippen molar-refractivity contribution in [2.24, 2.45) is 0 Å². The van der Waals surface area contributed by atoms with Gasteiger partial charge in [-0.05, 0) is 54.8 Å². The summed E-state index contributed by atoms with van der Waals surface area (Å²) in [6.07, 6.45) is -0.0682. The molecule has 2 aromatic carbocycles. The van der Waals surface area contributed by atoms with E-state index in [1.807, 2.05) is 41.1 Å². The second-order valence-electron chi connectivity index (χ2n) is 7.28. The van der Waals surface area contributed by atoms with Crippen LogP contribution in [0, 0.1) is 13.8 Å². The van der Waals surface area contributed by atoms with Crippen LogP contribution in [0.2, 0.25) is 5.02 Å². The van der Waals surface area contributed by atoms with Gasteiger partial charge in [0, 0.05) is 10.6 Å². The lowest BCUT2D eigenvalue weighted by Crippen LogP contribution is -2.21. The Labute approximate surface area is 173 Å². The monoisotopic (exact) mass is 406 g/mol. The molecule has 0 saturated heterocycles. The molecule has 0 radical (unpaired) electrons. The van der Waals surface area contributed by atoms with Crippen molar-refractivity contribution in [3.8, 4) is 23.0 Å². The lowest BCUT2D eigenvalue weighted by molar-refractivity contribution is -0.00112. The van der Waals surface area contributed by atoms with Crippen molar-refractivity contribution in [3.05, 3.63) is 75.9 Å². The van der Waals surface area contributed by atoms with Crippen LogP contribution in [0.15, 0.2) is 53.1 Å².